The maximum atomic E-state index is 12.1. The van der Waals surface area contributed by atoms with Crippen molar-refractivity contribution < 1.29 is 4.79 Å². The van der Waals surface area contributed by atoms with E-state index in [0.29, 0.717) is 17.6 Å². The van der Waals surface area contributed by atoms with Gasteiger partial charge in [0.15, 0.2) is 11.1 Å². The van der Waals surface area contributed by atoms with Crippen LogP contribution in [-0.4, -0.2) is 33.2 Å². The van der Waals surface area contributed by atoms with Crippen LogP contribution in [0.1, 0.15) is 23.1 Å². The van der Waals surface area contributed by atoms with Crippen molar-refractivity contribution in [1.82, 2.24) is 15.0 Å². The second-order valence-electron chi connectivity index (χ2n) is 3.57. The Morgan fingerprint density at radius 2 is 2.14 bits per heavy atom. The van der Waals surface area contributed by atoms with E-state index in [0.717, 1.165) is 0 Å². The molecule has 0 aliphatic carbocycles. The van der Waals surface area contributed by atoms with Crippen molar-refractivity contribution in [3.8, 4) is 0 Å². The third-order valence-electron chi connectivity index (χ3n) is 2.13. The summed E-state index contributed by atoms with van der Waals surface area (Å²) in [7, 11) is 0. The molecular formula is C10H15Cl2N7OS. The molecule has 6 N–H and O–H groups in total. The first-order chi connectivity index (χ1) is 9.10. The zero-order valence-corrected chi connectivity index (χ0v) is 13.4. The fourth-order valence-electron chi connectivity index (χ4n) is 1.38. The number of hydrogen-bond acceptors (Lipinski definition) is 6. The van der Waals surface area contributed by atoms with Crippen molar-refractivity contribution in [3.05, 3.63) is 23.0 Å². The minimum absolute atomic E-state index is 0. The van der Waals surface area contributed by atoms with Crippen molar-refractivity contribution in [2.45, 2.75) is 6.92 Å². The van der Waals surface area contributed by atoms with Crippen molar-refractivity contribution >= 4 is 59.0 Å². The van der Waals surface area contributed by atoms with Gasteiger partial charge in [-0.1, -0.05) is 0 Å². The Labute approximate surface area is 137 Å². The van der Waals surface area contributed by atoms with Gasteiger partial charge in [-0.25, -0.2) is 9.97 Å². The Kier molecular flexibility index (Phi) is 7.71. The number of nitrogens with zero attached hydrogens (tertiary/aromatic N) is 2. The number of anilines is 2. The van der Waals surface area contributed by atoms with Crippen LogP contribution in [0.25, 0.3) is 0 Å². The first kappa shape index (κ1) is 19.2. The summed E-state index contributed by atoms with van der Waals surface area (Å²) in [4.78, 5) is 23.1. The maximum absolute atomic E-state index is 12.1. The van der Waals surface area contributed by atoms with Crippen LogP contribution in [0.4, 0.5) is 11.1 Å². The van der Waals surface area contributed by atoms with E-state index in [1.807, 2.05) is 6.92 Å². The number of aromatic nitrogens is 3. The minimum Gasteiger partial charge on any atom is -0.370 e. The molecule has 0 bridgehead atoms. The lowest BCUT2D eigenvalue weighted by Crippen LogP contribution is -2.20. The lowest BCUT2D eigenvalue weighted by molar-refractivity contribution is 0.103. The summed E-state index contributed by atoms with van der Waals surface area (Å²) in [5.74, 6) is 0.0407. The van der Waals surface area contributed by atoms with Gasteiger partial charge in [0.1, 0.15) is 11.4 Å². The Morgan fingerprint density at radius 3 is 2.76 bits per heavy atom. The van der Waals surface area contributed by atoms with Crippen molar-refractivity contribution in [2.75, 3.05) is 17.2 Å². The maximum Gasteiger partial charge on any atom is 0.232 e. The van der Waals surface area contributed by atoms with E-state index in [9.17, 15) is 4.79 Å². The summed E-state index contributed by atoms with van der Waals surface area (Å²) in [6.07, 6.45) is 1.53. The van der Waals surface area contributed by atoms with E-state index in [-0.39, 0.29) is 47.9 Å². The quantitative estimate of drug-likeness (QED) is 0.316. The van der Waals surface area contributed by atoms with Crippen LogP contribution in [0.5, 0.6) is 0 Å². The third kappa shape index (κ3) is 4.88. The number of nitrogens with two attached hydrogens (primary N) is 1. The number of aromatic amines is 1. The predicted molar refractivity (Wildman–Crippen MR) is 88.3 cm³/mol. The Balaban J connectivity index is 0.00000200. The van der Waals surface area contributed by atoms with Gasteiger partial charge >= 0.3 is 0 Å². The molecule has 0 aliphatic rings. The largest absolute Gasteiger partial charge is 0.370 e. The number of guanidine groups is 1. The van der Waals surface area contributed by atoms with Crippen molar-refractivity contribution in [3.63, 3.8) is 0 Å². The number of thiazole rings is 1. The van der Waals surface area contributed by atoms with Gasteiger partial charge in [-0.15, -0.1) is 36.2 Å². The summed E-state index contributed by atoms with van der Waals surface area (Å²) in [5, 5.41) is 14.6. The second kappa shape index (κ2) is 8.45. The zero-order chi connectivity index (χ0) is 13.8. The van der Waals surface area contributed by atoms with E-state index >= 15 is 0 Å². The molecule has 0 amide bonds. The van der Waals surface area contributed by atoms with E-state index in [4.69, 9.17) is 11.1 Å². The molecule has 0 aliphatic heterocycles. The lowest BCUT2D eigenvalue weighted by atomic mass is 10.2. The van der Waals surface area contributed by atoms with Gasteiger partial charge < -0.3 is 21.4 Å². The van der Waals surface area contributed by atoms with Crippen LogP contribution in [-0.2, 0) is 0 Å². The third-order valence-corrected chi connectivity index (χ3v) is 2.89. The molecule has 2 rings (SSSR count). The molecule has 0 fully saturated rings. The molecule has 0 atom stereocenters. The SMILES string of the molecule is CCNc1nc(C(=O)c2csc(NC(=N)N)n2)c[nH]1.Cl.Cl. The molecule has 0 saturated carbocycles. The zero-order valence-electron chi connectivity index (χ0n) is 11.0. The number of nitrogens with one attached hydrogen (secondary N) is 4. The number of carbonyl (C=O) groups excluding carboxylic acids is 1. The summed E-state index contributed by atoms with van der Waals surface area (Å²) >= 11 is 1.20. The van der Waals surface area contributed by atoms with Gasteiger partial charge in [0.25, 0.3) is 0 Å². The second-order valence-corrected chi connectivity index (χ2v) is 4.43. The van der Waals surface area contributed by atoms with Gasteiger partial charge in [0.05, 0.1) is 0 Å². The topological polar surface area (TPSA) is 133 Å². The van der Waals surface area contributed by atoms with Crippen LogP contribution in [0.2, 0.25) is 0 Å². The van der Waals surface area contributed by atoms with Crippen LogP contribution in [0.3, 0.4) is 0 Å². The highest BCUT2D eigenvalue weighted by atomic mass is 35.5. The molecule has 11 heteroatoms. The highest BCUT2D eigenvalue weighted by Crippen LogP contribution is 2.17. The Bertz CT molecular complexity index is 612. The number of H-pyrrole nitrogens is 1. The highest BCUT2D eigenvalue weighted by Gasteiger charge is 2.16. The van der Waals surface area contributed by atoms with Gasteiger partial charge in [-0.3, -0.25) is 10.2 Å². The Hall–Kier alpha value is -1.84. The van der Waals surface area contributed by atoms with Crippen molar-refractivity contribution in [1.29, 1.82) is 5.41 Å². The normalized spacial score (nSPS) is 9.19. The number of rotatable bonds is 5. The molecule has 2 aromatic rings. The molecule has 0 aromatic carbocycles. The number of ketones is 1. The number of halogens is 2. The summed E-state index contributed by atoms with van der Waals surface area (Å²) in [6.45, 7) is 2.65. The molecular weight excluding hydrogens is 337 g/mol. The molecule has 116 valence electrons. The smallest absolute Gasteiger partial charge is 0.232 e. The van der Waals surface area contributed by atoms with Crippen LogP contribution in [0.15, 0.2) is 11.6 Å². The highest BCUT2D eigenvalue weighted by molar-refractivity contribution is 7.14. The monoisotopic (exact) mass is 351 g/mol. The average molecular weight is 352 g/mol. The molecule has 2 heterocycles. The fourth-order valence-corrected chi connectivity index (χ4v) is 2.08. The van der Waals surface area contributed by atoms with Crippen molar-refractivity contribution in [2.24, 2.45) is 5.73 Å². The van der Waals surface area contributed by atoms with Crippen LogP contribution in [0, 0.1) is 5.41 Å². The van der Waals surface area contributed by atoms with Gasteiger partial charge in [0.2, 0.25) is 11.7 Å². The Morgan fingerprint density at radius 1 is 1.43 bits per heavy atom. The van der Waals surface area contributed by atoms with E-state index < -0.39 is 0 Å². The standard InChI is InChI=1S/C10H13N7OS.2ClH/c1-2-13-9-14-3-5(15-9)7(18)6-4-19-10(16-6)17-8(11)12;;/h3-4H,2H2,1H3,(H2,13,14,15)(H4,11,12,16,17);2*1H. The van der Waals surface area contributed by atoms with Gasteiger partial charge in [0, 0.05) is 18.1 Å². The van der Waals surface area contributed by atoms with E-state index in [2.05, 4.69) is 25.6 Å². The molecule has 0 radical (unpaired) electrons. The van der Waals surface area contributed by atoms with Crippen LogP contribution < -0.4 is 16.4 Å². The molecule has 2 aromatic heterocycles. The minimum atomic E-state index is -0.284. The lowest BCUT2D eigenvalue weighted by Gasteiger charge is -1.96. The average Bonchev–Trinajstić information content (AvgIpc) is 2.97. The predicted octanol–water partition coefficient (Wildman–Crippen LogP) is 1.68. The number of imidazole rings is 1. The number of hydrogen-bond donors (Lipinski definition) is 5. The molecule has 21 heavy (non-hydrogen) atoms. The molecule has 8 nitrogen and oxygen atoms in total. The van der Waals surface area contributed by atoms with E-state index in [1.54, 1.807) is 5.38 Å². The van der Waals surface area contributed by atoms with Crippen LogP contribution >= 0.6 is 36.2 Å². The summed E-state index contributed by atoms with van der Waals surface area (Å²) < 4.78 is 0. The summed E-state index contributed by atoms with van der Waals surface area (Å²) in [5.41, 5.74) is 5.74. The number of carbonyl (C=O) groups is 1. The molecule has 0 saturated heterocycles. The summed E-state index contributed by atoms with van der Waals surface area (Å²) in [6, 6.07) is 0. The van der Waals surface area contributed by atoms with Gasteiger partial charge in [-0.2, -0.15) is 0 Å². The molecule has 0 spiro atoms. The fraction of sp³-hybridized carbons (Fsp3) is 0.200. The first-order valence-corrected chi connectivity index (χ1v) is 6.38. The molecule has 0 unspecified atom stereocenters. The van der Waals surface area contributed by atoms with E-state index in [1.165, 1.54) is 17.5 Å². The van der Waals surface area contributed by atoms with Gasteiger partial charge in [-0.05, 0) is 6.92 Å². The first-order valence-electron chi connectivity index (χ1n) is 5.50.